The number of benzene rings is 1. The van der Waals surface area contributed by atoms with Gasteiger partial charge in [-0.15, -0.1) is 0 Å². The first kappa shape index (κ1) is 16.4. The van der Waals surface area contributed by atoms with Crippen LogP contribution in [-0.4, -0.2) is 22.5 Å². The molecule has 0 saturated heterocycles. The van der Waals surface area contributed by atoms with Crippen molar-refractivity contribution in [2.75, 3.05) is 0 Å². The normalized spacial score (nSPS) is 42.1. The molecule has 0 spiro atoms. The second-order valence-electron chi connectivity index (χ2n) is 8.86. The average molecular weight is 332 g/mol. The van der Waals surface area contributed by atoms with Crippen molar-refractivity contribution in [3.63, 3.8) is 0 Å². The molecule has 2 saturated carbocycles. The van der Waals surface area contributed by atoms with Crippen LogP contribution in [0.25, 0.3) is 0 Å². The van der Waals surface area contributed by atoms with E-state index in [0.29, 0.717) is 29.9 Å². The predicted octanol–water partition coefficient (Wildman–Crippen LogP) is 4.58. The summed E-state index contributed by atoms with van der Waals surface area (Å²) in [7, 11) is 0. The molecule has 0 heterocycles. The number of phenols is 1. The van der Waals surface area contributed by atoms with E-state index in [2.05, 4.69) is 13.0 Å². The first-order chi connectivity index (χ1) is 11.4. The smallest absolute Gasteiger partial charge is 0.115 e. The number of halogens is 1. The van der Waals surface area contributed by atoms with Gasteiger partial charge in [0, 0.05) is 0 Å². The lowest BCUT2D eigenvalue weighted by Crippen LogP contribution is -2.42. The van der Waals surface area contributed by atoms with E-state index < -0.39 is 6.17 Å². The lowest BCUT2D eigenvalue weighted by atomic mass is 9.54. The van der Waals surface area contributed by atoms with Crippen LogP contribution in [0.5, 0.6) is 5.75 Å². The summed E-state index contributed by atoms with van der Waals surface area (Å²) in [5, 5.41) is 20.4. The second-order valence-corrected chi connectivity index (χ2v) is 8.86. The number of phenolic OH excluding ortho intramolecular Hbond substituents is 1. The van der Waals surface area contributed by atoms with Crippen LogP contribution >= 0.6 is 0 Å². The third kappa shape index (κ3) is 2.47. The molecule has 0 aliphatic heterocycles. The fraction of sp³-hybridized carbons (Fsp3) is 0.714. The summed E-state index contributed by atoms with van der Waals surface area (Å²) in [6.45, 7) is 3.95. The summed E-state index contributed by atoms with van der Waals surface area (Å²) in [6, 6.07) is 5.83. The zero-order chi connectivity index (χ0) is 17.1. The standard InChI is InChI=1S/C21H29FO2/c1-12(22)9-18-19(24)11-21(2)8-7-16-15-6-4-14(23)10-13(15)3-5-17(16)20(18)21/h4,6,10,12,16-20,23-24H,3,5,7-9,11H2,1-2H3/t12?,16-,17-,18-,19-,20-,21-/m1/s1. The Kier molecular flexibility index (Phi) is 3.91. The lowest BCUT2D eigenvalue weighted by molar-refractivity contribution is 0.0188. The van der Waals surface area contributed by atoms with Crippen molar-refractivity contribution in [2.45, 2.75) is 70.6 Å². The Bertz CT molecular complexity index is 628. The number of hydrogen-bond acceptors (Lipinski definition) is 2. The molecule has 3 aliphatic rings. The second kappa shape index (κ2) is 5.72. The van der Waals surface area contributed by atoms with E-state index in [1.54, 1.807) is 13.0 Å². The fourth-order valence-corrected chi connectivity index (χ4v) is 6.51. The molecule has 3 aliphatic carbocycles. The molecule has 0 amide bonds. The highest BCUT2D eigenvalue weighted by molar-refractivity contribution is 5.40. The van der Waals surface area contributed by atoms with Crippen molar-refractivity contribution in [1.29, 1.82) is 0 Å². The van der Waals surface area contributed by atoms with Crippen LogP contribution in [-0.2, 0) is 6.42 Å². The average Bonchev–Trinajstić information content (AvgIpc) is 2.76. The molecule has 2 nitrogen and oxygen atoms in total. The minimum absolute atomic E-state index is 0.0986. The Labute approximate surface area is 144 Å². The quantitative estimate of drug-likeness (QED) is 0.832. The molecule has 3 heteroatoms. The maximum atomic E-state index is 13.8. The minimum atomic E-state index is -0.847. The van der Waals surface area contributed by atoms with Crippen LogP contribution in [0.15, 0.2) is 18.2 Å². The van der Waals surface area contributed by atoms with Gasteiger partial charge in [0.1, 0.15) is 5.75 Å². The van der Waals surface area contributed by atoms with E-state index in [1.807, 2.05) is 6.07 Å². The molecule has 2 fully saturated rings. The number of alkyl halides is 1. The number of aliphatic hydroxyl groups is 1. The van der Waals surface area contributed by atoms with Crippen molar-refractivity contribution in [2.24, 2.45) is 23.2 Å². The maximum Gasteiger partial charge on any atom is 0.115 e. The van der Waals surface area contributed by atoms with Gasteiger partial charge >= 0.3 is 0 Å². The van der Waals surface area contributed by atoms with E-state index in [1.165, 1.54) is 11.1 Å². The highest BCUT2D eigenvalue weighted by atomic mass is 19.1. The summed E-state index contributed by atoms with van der Waals surface area (Å²) < 4.78 is 13.8. The molecule has 132 valence electrons. The molecule has 0 aromatic heterocycles. The van der Waals surface area contributed by atoms with Gasteiger partial charge in [0.05, 0.1) is 12.3 Å². The van der Waals surface area contributed by atoms with Crippen LogP contribution < -0.4 is 0 Å². The van der Waals surface area contributed by atoms with Gasteiger partial charge in [-0.2, -0.15) is 0 Å². The molecule has 0 bridgehead atoms. The Balaban J connectivity index is 1.69. The molecular weight excluding hydrogens is 303 g/mol. The Morgan fingerprint density at radius 1 is 1.33 bits per heavy atom. The van der Waals surface area contributed by atoms with Crippen LogP contribution in [0, 0.1) is 23.2 Å². The van der Waals surface area contributed by atoms with Gasteiger partial charge in [0.15, 0.2) is 0 Å². The number of hydrogen-bond donors (Lipinski definition) is 2. The topological polar surface area (TPSA) is 40.5 Å². The molecular formula is C21H29FO2. The van der Waals surface area contributed by atoms with Crippen LogP contribution in [0.3, 0.4) is 0 Å². The van der Waals surface area contributed by atoms with Crippen LogP contribution in [0.1, 0.15) is 63.0 Å². The predicted molar refractivity (Wildman–Crippen MR) is 92.8 cm³/mol. The molecule has 1 aromatic carbocycles. The maximum absolute atomic E-state index is 13.8. The van der Waals surface area contributed by atoms with Crippen molar-refractivity contribution in [3.8, 4) is 5.75 Å². The van der Waals surface area contributed by atoms with Crippen molar-refractivity contribution in [1.82, 2.24) is 0 Å². The third-order valence-corrected chi connectivity index (χ3v) is 7.31. The largest absolute Gasteiger partial charge is 0.508 e. The summed E-state index contributed by atoms with van der Waals surface area (Å²) in [6.07, 6.45) is 4.50. The molecule has 1 unspecified atom stereocenters. The number of rotatable bonds is 2. The highest BCUT2D eigenvalue weighted by Crippen LogP contribution is 2.63. The van der Waals surface area contributed by atoms with E-state index in [-0.39, 0.29) is 17.4 Å². The number of fused-ring (bicyclic) bond motifs is 5. The number of aromatic hydroxyl groups is 1. The van der Waals surface area contributed by atoms with Crippen LogP contribution in [0.4, 0.5) is 4.39 Å². The van der Waals surface area contributed by atoms with E-state index >= 15 is 0 Å². The first-order valence-corrected chi connectivity index (χ1v) is 9.53. The highest BCUT2D eigenvalue weighted by Gasteiger charge is 2.57. The van der Waals surface area contributed by atoms with Crippen molar-refractivity contribution < 1.29 is 14.6 Å². The number of aliphatic hydroxyl groups excluding tert-OH is 1. The molecule has 1 aromatic rings. The van der Waals surface area contributed by atoms with Gasteiger partial charge in [-0.05, 0) is 97.8 Å². The van der Waals surface area contributed by atoms with Gasteiger partial charge in [-0.3, -0.25) is 0 Å². The zero-order valence-corrected chi connectivity index (χ0v) is 14.7. The third-order valence-electron chi connectivity index (χ3n) is 7.31. The summed E-state index contributed by atoms with van der Waals surface area (Å²) >= 11 is 0. The zero-order valence-electron chi connectivity index (χ0n) is 14.7. The molecule has 7 atom stereocenters. The monoisotopic (exact) mass is 332 g/mol. The van der Waals surface area contributed by atoms with Gasteiger partial charge in [-0.25, -0.2) is 4.39 Å². The van der Waals surface area contributed by atoms with Gasteiger partial charge in [-0.1, -0.05) is 13.0 Å². The van der Waals surface area contributed by atoms with Gasteiger partial charge < -0.3 is 10.2 Å². The fourth-order valence-electron chi connectivity index (χ4n) is 6.51. The first-order valence-electron chi connectivity index (χ1n) is 9.53. The van der Waals surface area contributed by atoms with Gasteiger partial charge in [0.25, 0.3) is 0 Å². The van der Waals surface area contributed by atoms with E-state index in [0.717, 1.165) is 32.1 Å². The Morgan fingerprint density at radius 2 is 2.12 bits per heavy atom. The van der Waals surface area contributed by atoms with E-state index in [9.17, 15) is 14.6 Å². The van der Waals surface area contributed by atoms with Crippen molar-refractivity contribution >= 4 is 0 Å². The molecule has 24 heavy (non-hydrogen) atoms. The molecule has 2 N–H and O–H groups in total. The minimum Gasteiger partial charge on any atom is -0.508 e. The summed E-state index contributed by atoms with van der Waals surface area (Å²) in [4.78, 5) is 0. The lowest BCUT2D eigenvalue weighted by Gasteiger charge is -2.50. The Hall–Kier alpha value is -1.09. The van der Waals surface area contributed by atoms with Crippen molar-refractivity contribution in [3.05, 3.63) is 29.3 Å². The molecule has 4 rings (SSSR count). The van der Waals surface area contributed by atoms with Crippen LogP contribution in [0.2, 0.25) is 0 Å². The Morgan fingerprint density at radius 3 is 2.88 bits per heavy atom. The summed E-state index contributed by atoms with van der Waals surface area (Å²) in [5.74, 6) is 1.93. The number of aryl methyl sites for hydroxylation is 1. The van der Waals surface area contributed by atoms with Gasteiger partial charge in [0.2, 0.25) is 0 Å². The van der Waals surface area contributed by atoms with E-state index in [4.69, 9.17) is 0 Å². The SMILES string of the molecule is CC(F)C[C@H]1[C@H]2[C@@H]3CCc4cc(O)ccc4[C@H]3CC[C@]2(C)C[C@H]1O. The molecule has 0 radical (unpaired) electrons. The summed E-state index contributed by atoms with van der Waals surface area (Å²) in [5.41, 5.74) is 2.84.